The summed E-state index contributed by atoms with van der Waals surface area (Å²) in [6, 6.07) is 12.1. The first-order valence-corrected chi connectivity index (χ1v) is 7.90. The topological polar surface area (TPSA) is 42.0 Å². The van der Waals surface area contributed by atoms with Crippen LogP contribution in [0.25, 0.3) is 0 Å². The molecule has 1 fully saturated rings. The van der Waals surface area contributed by atoms with Gasteiger partial charge in [0.2, 0.25) is 5.91 Å². The average molecular weight is 345 g/mol. The van der Waals surface area contributed by atoms with Crippen molar-refractivity contribution in [2.45, 2.75) is 25.3 Å². The molecule has 21 heavy (non-hydrogen) atoms. The number of nitrogens with zero attached hydrogens (tertiary/aromatic N) is 1. The Morgan fingerprint density at radius 1 is 1.33 bits per heavy atom. The van der Waals surface area contributed by atoms with Crippen molar-refractivity contribution >= 4 is 21.8 Å². The Bertz CT molecular complexity index is 644. The van der Waals surface area contributed by atoms with Crippen molar-refractivity contribution in [1.29, 1.82) is 0 Å². The molecule has 1 aliphatic carbocycles. The number of carbonyl (C=O) groups is 1. The summed E-state index contributed by atoms with van der Waals surface area (Å²) in [5.41, 5.74) is 2.32. The maximum atomic E-state index is 12.3. The maximum Gasteiger partial charge on any atom is 0.224 e. The second-order valence-corrected chi connectivity index (χ2v) is 6.43. The van der Waals surface area contributed by atoms with Crippen LogP contribution in [0.15, 0.2) is 53.3 Å². The van der Waals surface area contributed by atoms with Gasteiger partial charge in [0, 0.05) is 22.8 Å². The van der Waals surface area contributed by atoms with Crippen LogP contribution in [-0.4, -0.2) is 10.9 Å². The number of halogens is 1. The van der Waals surface area contributed by atoms with Gasteiger partial charge in [-0.2, -0.15) is 0 Å². The fourth-order valence-electron chi connectivity index (χ4n) is 2.65. The van der Waals surface area contributed by atoms with Crippen molar-refractivity contribution in [2.24, 2.45) is 5.92 Å². The third kappa shape index (κ3) is 3.32. The molecule has 3 atom stereocenters. The van der Waals surface area contributed by atoms with E-state index >= 15 is 0 Å². The quantitative estimate of drug-likeness (QED) is 0.915. The van der Waals surface area contributed by atoms with Crippen LogP contribution in [0.4, 0.5) is 0 Å². The summed E-state index contributed by atoms with van der Waals surface area (Å²) in [6.07, 6.45) is 4.43. The molecule has 2 aromatic rings. The standard InChI is InChI=1S/C17H17BrN2O/c1-11(12-5-7-19-8-6-12)20-17(21)16-10-15(16)13-3-2-4-14(18)9-13/h2-9,11,15-16H,10H2,1H3,(H,20,21). The van der Waals surface area contributed by atoms with Crippen molar-refractivity contribution < 1.29 is 4.79 Å². The van der Waals surface area contributed by atoms with Crippen LogP contribution in [0.1, 0.15) is 36.4 Å². The lowest BCUT2D eigenvalue weighted by Crippen LogP contribution is -2.28. The van der Waals surface area contributed by atoms with Gasteiger partial charge in [-0.15, -0.1) is 0 Å². The number of nitrogens with one attached hydrogen (secondary N) is 1. The number of aromatic nitrogens is 1. The van der Waals surface area contributed by atoms with Gasteiger partial charge in [0.1, 0.15) is 0 Å². The minimum absolute atomic E-state index is 0.0178. The lowest BCUT2D eigenvalue weighted by Gasteiger charge is -2.14. The van der Waals surface area contributed by atoms with Crippen molar-refractivity contribution in [3.63, 3.8) is 0 Å². The molecular weight excluding hydrogens is 328 g/mol. The molecule has 0 spiro atoms. The van der Waals surface area contributed by atoms with Crippen molar-refractivity contribution in [3.8, 4) is 0 Å². The van der Waals surface area contributed by atoms with E-state index in [0.717, 1.165) is 16.5 Å². The number of hydrogen-bond acceptors (Lipinski definition) is 2. The zero-order valence-corrected chi connectivity index (χ0v) is 13.4. The van der Waals surface area contributed by atoms with E-state index in [9.17, 15) is 4.79 Å². The molecule has 0 aliphatic heterocycles. The van der Waals surface area contributed by atoms with Crippen LogP contribution in [-0.2, 0) is 4.79 Å². The first kappa shape index (κ1) is 14.3. The fraction of sp³-hybridized carbons (Fsp3) is 0.294. The Kier molecular flexibility index (Phi) is 4.06. The Morgan fingerprint density at radius 3 is 2.81 bits per heavy atom. The molecule has 1 heterocycles. The Labute approximate surface area is 132 Å². The van der Waals surface area contributed by atoms with E-state index < -0.39 is 0 Å². The molecule has 0 bridgehead atoms. The summed E-state index contributed by atoms with van der Waals surface area (Å²) < 4.78 is 1.07. The fourth-order valence-corrected chi connectivity index (χ4v) is 3.06. The first-order chi connectivity index (χ1) is 10.1. The van der Waals surface area contributed by atoms with Gasteiger partial charge in [0.05, 0.1) is 6.04 Å². The van der Waals surface area contributed by atoms with Crippen LogP contribution < -0.4 is 5.32 Å². The molecule has 3 nitrogen and oxygen atoms in total. The highest BCUT2D eigenvalue weighted by Crippen LogP contribution is 2.48. The predicted molar refractivity (Wildman–Crippen MR) is 85.8 cm³/mol. The highest BCUT2D eigenvalue weighted by atomic mass is 79.9. The minimum atomic E-state index is 0.0178. The molecule has 1 saturated carbocycles. The van der Waals surface area contributed by atoms with E-state index in [4.69, 9.17) is 0 Å². The van der Waals surface area contributed by atoms with Gasteiger partial charge in [0.25, 0.3) is 0 Å². The predicted octanol–water partition coefficient (Wildman–Crippen LogP) is 3.83. The molecule has 1 amide bonds. The van der Waals surface area contributed by atoms with Gasteiger partial charge in [-0.25, -0.2) is 0 Å². The van der Waals surface area contributed by atoms with Crippen molar-refractivity contribution in [1.82, 2.24) is 10.3 Å². The Balaban J connectivity index is 1.61. The number of hydrogen-bond donors (Lipinski definition) is 1. The molecule has 1 aliphatic rings. The third-order valence-corrected chi connectivity index (χ3v) is 4.46. The second kappa shape index (κ2) is 5.98. The number of pyridine rings is 1. The first-order valence-electron chi connectivity index (χ1n) is 7.11. The number of benzene rings is 1. The lowest BCUT2D eigenvalue weighted by atomic mass is 10.1. The highest BCUT2D eigenvalue weighted by molar-refractivity contribution is 9.10. The summed E-state index contributed by atoms with van der Waals surface area (Å²) in [4.78, 5) is 16.3. The van der Waals surface area contributed by atoms with Crippen LogP contribution in [0.3, 0.4) is 0 Å². The summed E-state index contributed by atoms with van der Waals surface area (Å²) in [6.45, 7) is 2.00. The Morgan fingerprint density at radius 2 is 2.10 bits per heavy atom. The SMILES string of the molecule is CC(NC(=O)C1CC1c1cccc(Br)c1)c1ccncc1. The van der Waals surface area contributed by atoms with Gasteiger partial charge >= 0.3 is 0 Å². The molecule has 4 heteroatoms. The molecule has 3 unspecified atom stereocenters. The van der Waals surface area contributed by atoms with Crippen molar-refractivity contribution in [2.75, 3.05) is 0 Å². The molecule has 108 valence electrons. The van der Waals surface area contributed by atoms with E-state index in [1.165, 1.54) is 5.56 Å². The zero-order chi connectivity index (χ0) is 14.8. The van der Waals surface area contributed by atoms with Gasteiger partial charge in [-0.1, -0.05) is 28.1 Å². The third-order valence-electron chi connectivity index (χ3n) is 3.97. The minimum Gasteiger partial charge on any atom is -0.349 e. The van der Waals surface area contributed by atoms with E-state index in [1.807, 2.05) is 31.2 Å². The van der Waals surface area contributed by atoms with E-state index in [2.05, 4.69) is 38.4 Å². The smallest absolute Gasteiger partial charge is 0.224 e. The van der Waals surface area contributed by atoms with Crippen LogP contribution in [0.2, 0.25) is 0 Å². The van der Waals surface area contributed by atoms with Crippen LogP contribution >= 0.6 is 15.9 Å². The average Bonchev–Trinajstić information content (AvgIpc) is 3.29. The molecule has 0 saturated heterocycles. The molecular formula is C17H17BrN2O. The van der Waals surface area contributed by atoms with Gasteiger partial charge in [0.15, 0.2) is 0 Å². The molecule has 1 aromatic heterocycles. The summed E-state index contributed by atoms with van der Waals surface area (Å²) in [5, 5.41) is 3.09. The van der Waals surface area contributed by atoms with E-state index in [-0.39, 0.29) is 17.9 Å². The molecule has 0 radical (unpaired) electrons. The second-order valence-electron chi connectivity index (χ2n) is 5.51. The number of amides is 1. The summed E-state index contributed by atoms with van der Waals surface area (Å²) >= 11 is 3.48. The van der Waals surface area contributed by atoms with Gasteiger partial charge < -0.3 is 5.32 Å². The molecule has 1 aromatic carbocycles. The van der Waals surface area contributed by atoms with Gasteiger partial charge in [-0.05, 0) is 54.7 Å². The largest absolute Gasteiger partial charge is 0.349 e. The number of carbonyl (C=O) groups excluding carboxylic acids is 1. The number of rotatable bonds is 4. The maximum absolute atomic E-state index is 12.3. The van der Waals surface area contributed by atoms with E-state index in [0.29, 0.717) is 5.92 Å². The zero-order valence-electron chi connectivity index (χ0n) is 11.8. The molecule has 1 N–H and O–H groups in total. The lowest BCUT2D eigenvalue weighted by molar-refractivity contribution is -0.123. The van der Waals surface area contributed by atoms with Crippen molar-refractivity contribution in [3.05, 3.63) is 64.4 Å². The molecule has 3 rings (SSSR count). The van der Waals surface area contributed by atoms with E-state index in [1.54, 1.807) is 12.4 Å². The normalized spacial score (nSPS) is 21.6. The summed E-state index contributed by atoms with van der Waals surface area (Å²) in [5.74, 6) is 0.597. The Hall–Kier alpha value is -1.68. The monoisotopic (exact) mass is 344 g/mol. The van der Waals surface area contributed by atoms with Crippen LogP contribution in [0.5, 0.6) is 0 Å². The van der Waals surface area contributed by atoms with Gasteiger partial charge in [-0.3, -0.25) is 9.78 Å². The highest BCUT2D eigenvalue weighted by Gasteiger charge is 2.44. The van der Waals surface area contributed by atoms with Crippen LogP contribution in [0, 0.1) is 5.92 Å². The summed E-state index contributed by atoms with van der Waals surface area (Å²) in [7, 11) is 0.